The molecule has 50 heavy (non-hydrogen) atoms. The number of alkyl halides is 6. The third-order valence-corrected chi connectivity index (χ3v) is 11.2. The smallest absolute Gasteiger partial charge is 0.386 e. The Bertz CT molecular complexity index is 1600. The summed E-state index contributed by atoms with van der Waals surface area (Å²) in [5.74, 6) is 2.49. The first-order chi connectivity index (χ1) is 23.1. The number of nitrogens with two attached hydrogens (primary N) is 1. The molecule has 0 radical (unpaired) electrons. The van der Waals surface area contributed by atoms with Crippen molar-refractivity contribution in [3.05, 3.63) is 62.0 Å². The van der Waals surface area contributed by atoms with E-state index in [0.717, 1.165) is 57.6 Å². The van der Waals surface area contributed by atoms with Crippen LogP contribution in [0.1, 0.15) is 49.7 Å². The molecule has 7 fully saturated rings. The predicted octanol–water partition coefficient (Wildman–Crippen LogP) is 8.46. The Balaban J connectivity index is 0.000000158. The number of benzene rings is 2. The average Bonchev–Trinajstić information content (AvgIpc) is 3.59. The van der Waals surface area contributed by atoms with E-state index < -0.39 is 23.5 Å². The minimum Gasteiger partial charge on any atom is -0.386 e. The fraction of sp³-hybridized carbons (Fsp3) is 0.562. The van der Waals surface area contributed by atoms with Crippen molar-refractivity contribution in [3.8, 4) is 0 Å². The second kappa shape index (κ2) is 15.2. The molecule has 8 nitrogen and oxygen atoms in total. The molecule has 3 N–H and O–H groups in total. The number of amidine groups is 2. The van der Waals surface area contributed by atoms with E-state index >= 15 is 0 Å². The molecule has 4 bridgehead atoms. The van der Waals surface area contributed by atoms with Crippen LogP contribution in [-0.4, -0.2) is 71.9 Å². The summed E-state index contributed by atoms with van der Waals surface area (Å²) in [6.45, 7) is 6.58. The van der Waals surface area contributed by atoms with E-state index in [4.69, 9.17) is 38.6 Å². The maximum absolute atomic E-state index is 12.8. The Morgan fingerprint density at radius 1 is 0.820 bits per heavy atom. The number of hydroxylamine groups is 1. The summed E-state index contributed by atoms with van der Waals surface area (Å²) < 4.78 is 75.0. The van der Waals surface area contributed by atoms with Crippen LogP contribution >= 0.6 is 51.5 Å². The molecule has 2 atom stereocenters. The Kier molecular flexibility index (Phi) is 11.9. The van der Waals surface area contributed by atoms with Crippen molar-refractivity contribution < 1.29 is 36.0 Å². The summed E-state index contributed by atoms with van der Waals surface area (Å²) in [5, 5.41) is 3.26. The number of nitrogens with zero attached hydrogens (tertiary/aromatic N) is 4. The van der Waals surface area contributed by atoms with Gasteiger partial charge in [-0.25, -0.2) is 4.99 Å². The zero-order chi connectivity index (χ0) is 35.2. The largest absolute Gasteiger partial charge is 0.417 e. The van der Waals surface area contributed by atoms with Gasteiger partial charge in [-0.15, -0.1) is 12.4 Å². The van der Waals surface area contributed by atoms with Crippen molar-refractivity contribution in [2.75, 3.05) is 39.3 Å². The number of halogens is 10. The van der Waals surface area contributed by atoms with E-state index in [-0.39, 0.29) is 33.7 Å². The number of piperidine rings is 6. The maximum Gasteiger partial charge on any atom is 0.417 e. The van der Waals surface area contributed by atoms with Gasteiger partial charge < -0.3 is 15.5 Å². The van der Waals surface area contributed by atoms with Crippen molar-refractivity contribution in [2.45, 2.75) is 62.1 Å². The highest BCUT2D eigenvalue weighted by Crippen LogP contribution is 2.44. The van der Waals surface area contributed by atoms with E-state index in [9.17, 15) is 26.3 Å². The van der Waals surface area contributed by atoms with Crippen LogP contribution in [-0.2, 0) is 22.0 Å². The fourth-order valence-corrected chi connectivity index (χ4v) is 8.71. The third-order valence-electron chi connectivity index (χ3n) is 10.1. The number of rotatable bonds is 1. The number of hydrogen-bond donors (Lipinski definition) is 2. The van der Waals surface area contributed by atoms with Crippen LogP contribution in [0, 0.1) is 11.8 Å². The summed E-state index contributed by atoms with van der Waals surface area (Å²) in [6, 6.07) is 6.97. The van der Waals surface area contributed by atoms with Gasteiger partial charge in [-0.1, -0.05) is 44.3 Å². The van der Waals surface area contributed by atoms with Crippen LogP contribution in [0.25, 0.3) is 0 Å². The molecule has 2 spiro atoms. The number of oxime groups is 1. The van der Waals surface area contributed by atoms with Gasteiger partial charge >= 0.3 is 12.4 Å². The Morgan fingerprint density at radius 2 is 1.34 bits per heavy atom. The molecule has 8 aliphatic rings. The maximum atomic E-state index is 12.8. The third kappa shape index (κ3) is 8.61. The molecule has 0 saturated carbocycles. The van der Waals surface area contributed by atoms with Gasteiger partial charge in [-0.3, -0.25) is 15.2 Å². The fourth-order valence-electron chi connectivity index (χ4n) is 7.65. The second-order valence-electron chi connectivity index (χ2n) is 13.3. The average molecular weight is 837 g/mol. The molecule has 276 valence electrons. The zero-order valence-electron chi connectivity index (χ0n) is 26.6. The molecule has 2 aromatic rings. The topological polar surface area (TPSA) is 87.7 Å². The van der Waals surface area contributed by atoms with Crippen LogP contribution in [0.3, 0.4) is 0 Å². The lowest BCUT2D eigenvalue weighted by Gasteiger charge is -2.49. The van der Waals surface area contributed by atoms with Gasteiger partial charge in [-0.2, -0.15) is 26.3 Å². The summed E-state index contributed by atoms with van der Waals surface area (Å²) in [4.78, 5) is 20.7. The van der Waals surface area contributed by atoms with E-state index in [2.05, 4.69) is 41.4 Å². The lowest BCUT2D eigenvalue weighted by molar-refractivity contribution is -0.150. The summed E-state index contributed by atoms with van der Waals surface area (Å²) in [7, 11) is 0. The second-order valence-corrected chi connectivity index (χ2v) is 15.0. The molecule has 10 rings (SSSR count). The minimum atomic E-state index is -4.46. The highest BCUT2D eigenvalue weighted by atomic mass is 79.9. The summed E-state index contributed by atoms with van der Waals surface area (Å²) >= 11 is 14.1. The van der Waals surface area contributed by atoms with Gasteiger partial charge in [0.25, 0.3) is 0 Å². The first kappa shape index (κ1) is 39.2. The summed E-state index contributed by atoms with van der Waals surface area (Å²) in [5.41, 5.74) is 6.98. The minimum absolute atomic E-state index is 0. The van der Waals surface area contributed by atoms with E-state index in [0.29, 0.717) is 40.1 Å². The van der Waals surface area contributed by atoms with Crippen molar-refractivity contribution >= 4 is 68.9 Å². The van der Waals surface area contributed by atoms with Crippen LogP contribution in [0.2, 0.25) is 10.0 Å². The molecule has 0 aromatic heterocycles. The Labute approximate surface area is 310 Å². The van der Waals surface area contributed by atoms with Crippen molar-refractivity contribution in [1.29, 1.82) is 0 Å². The van der Waals surface area contributed by atoms with Crippen molar-refractivity contribution in [2.24, 2.45) is 27.7 Å². The number of nitrogens with one attached hydrogen (secondary N) is 1. The van der Waals surface area contributed by atoms with Gasteiger partial charge in [0.15, 0.2) is 5.60 Å². The quantitative estimate of drug-likeness (QED) is 0.281. The number of aliphatic imine (C=N–C) groups is 1. The first-order valence-electron chi connectivity index (χ1n) is 15.9. The highest BCUT2D eigenvalue weighted by Gasteiger charge is 2.53. The van der Waals surface area contributed by atoms with Gasteiger partial charge in [0.1, 0.15) is 17.3 Å². The van der Waals surface area contributed by atoms with Gasteiger partial charge in [0, 0.05) is 29.9 Å². The first-order valence-corrected chi connectivity index (χ1v) is 17.5. The van der Waals surface area contributed by atoms with Crippen LogP contribution in [0.4, 0.5) is 32.0 Å². The van der Waals surface area contributed by atoms with Crippen molar-refractivity contribution in [1.82, 2.24) is 15.3 Å². The van der Waals surface area contributed by atoms with E-state index in [1.165, 1.54) is 50.2 Å². The predicted molar refractivity (Wildman–Crippen MR) is 185 cm³/mol. The van der Waals surface area contributed by atoms with Gasteiger partial charge in [0.2, 0.25) is 0 Å². The zero-order valence-corrected chi connectivity index (χ0v) is 30.5. The molecule has 0 amide bonds. The number of hydrogen-bond acceptors (Lipinski definition) is 7. The lowest BCUT2D eigenvalue weighted by Crippen LogP contribution is -2.59. The molecular weight excluding hydrogens is 801 g/mol. The van der Waals surface area contributed by atoms with Gasteiger partial charge in [-0.05, 0) is 94.2 Å². The lowest BCUT2D eigenvalue weighted by atomic mass is 9.74. The monoisotopic (exact) mass is 834 g/mol. The Morgan fingerprint density at radius 3 is 1.78 bits per heavy atom. The highest BCUT2D eigenvalue weighted by molar-refractivity contribution is 9.10. The molecule has 0 aliphatic carbocycles. The molecule has 18 heteroatoms. The Hall–Kier alpha value is -2.01. The normalized spacial score (nSPS) is 31.6. The van der Waals surface area contributed by atoms with Crippen LogP contribution < -0.4 is 11.2 Å². The number of fused-ring (bicyclic) bond motifs is 4. The summed E-state index contributed by atoms with van der Waals surface area (Å²) in [6.07, 6.45) is -2.62. The molecule has 2 aromatic carbocycles. The van der Waals surface area contributed by atoms with Gasteiger partial charge in [0.05, 0.1) is 33.3 Å². The van der Waals surface area contributed by atoms with E-state index in [1.807, 2.05) is 0 Å². The standard InChI is InChI=1S/C16H17ClF3N3O.C9H15N3O.C7H3BrClF3.ClH/c17-13-7-11(1-2-12(13)16(18,19)20)21-14-8-15(24-22-14)9-23-5-3-10(15)4-6-23;10-8-5-9(13-11-8)6-12-3-1-7(9)2-4-12;8-4-1-2-5(6(9)3-4)7(10,11)12;/h1-2,7,10H,3-6,8-9H2,(H,21,22);7H,1-6H2,(H2,10,11);1-3H;1H/t15-;9-;;/m00../s1. The SMILES string of the molecule is Cl.FC(F)(F)c1ccc(Br)cc1Cl.FC(F)(F)c1ccc(N=C2C[C@@]3(CN4CCC3CC4)ON2)cc1Cl.NC1=NO[C@@]2(C1)CN1CCC2CC1. The van der Waals surface area contributed by atoms with Crippen molar-refractivity contribution in [3.63, 3.8) is 0 Å². The van der Waals surface area contributed by atoms with Crippen LogP contribution in [0.5, 0.6) is 0 Å². The molecule has 8 heterocycles. The molecular formula is C32H36BrCl3F6N6O2. The molecule has 7 saturated heterocycles. The molecule has 8 aliphatic heterocycles. The molecule has 0 unspecified atom stereocenters. The van der Waals surface area contributed by atoms with E-state index in [1.54, 1.807) is 0 Å². The van der Waals surface area contributed by atoms with Crippen LogP contribution in [0.15, 0.2) is 51.0 Å².